The zero-order valence-electron chi connectivity index (χ0n) is 15.6. The molecule has 1 fully saturated rings. The van der Waals surface area contributed by atoms with E-state index in [9.17, 15) is 9.59 Å². The average Bonchev–Trinajstić information content (AvgIpc) is 2.59. The summed E-state index contributed by atoms with van der Waals surface area (Å²) in [6.07, 6.45) is 5.46. The third kappa shape index (κ3) is 5.85. The molecule has 5 nitrogen and oxygen atoms in total. The molecule has 0 heterocycles. The topological polar surface area (TPSA) is 84.2 Å². The number of benzene rings is 1. The third-order valence-corrected chi connectivity index (χ3v) is 4.85. The highest BCUT2D eigenvalue weighted by Gasteiger charge is 2.27. The standard InChI is InChI=1S/C20H31N3O2/c1-20(2,3)17(21)19(25)22-13-14-8-7-11-16(12-14)23-18(24)15-9-5-4-6-10-15/h7-8,11-12,15,17H,4-6,9-10,13,21H2,1-3H3,(H,22,25)(H,23,24)/t17-/m1/s1. The first kappa shape index (κ1) is 19.4. The van der Waals surface area contributed by atoms with Crippen molar-refractivity contribution in [1.29, 1.82) is 0 Å². The van der Waals surface area contributed by atoms with Crippen LogP contribution in [0.15, 0.2) is 24.3 Å². The van der Waals surface area contributed by atoms with Crippen LogP contribution in [-0.4, -0.2) is 17.9 Å². The van der Waals surface area contributed by atoms with Gasteiger partial charge in [-0.05, 0) is 36.0 Å². The molecule has 1 aliphatic rings. The molecule has 0 aromatic heterocycles. The van der Waals surface area contributed by atoms with E-state index in [-0.39, 0.29) is 23.1 Å². The quantitative estimate of drug-likeness (QED) is 0.766. The van der Waals surface area contributed by atoms with Crippen molar-refractivity contribution in [3.05, 3.63) is 29.8 Å². The molecule has 5 heteroatoms. The molecule has 25 heavy (non-hydrogen) atoms. The summed E-state index contributed by atoms with van der Waals surface area (Å²) in [6.45, 7) is 6.23. The lowest BCUT2D eigenvalue weighted by molar-refractivity contribution is -0.124. The number of rotatable bonds is 5. The van der Waals surface area contributed by atoms with Gasteiger partial charge in [0, 0.05) is 18.2 Å². The fraction of sp³-hybridized carbons (Fsp3) is 0.600. The molecular formula is C20H31N3O2. The van der Waals surface area contributed by atoms with Gasteiger partial charge in [0.05, 0.1) is 6.04 Å². The van der Waals surface area contributed by atoms with Crippen LogP contribution in [0.5, 0.6) is 0 Å². The summed E-state index contributed by atoms with van der Waals surface area (Å²) in [5.74, 6) is 0.0710. The van der Waals surface area contributed by atoms with Crippen LogP contribution in [-0.2, 0) is 16.1 Å². The number of nitrogens with two attached hydrogens (primary N) is 1. The van der Waals surface area contributed by atoms with Crippen LogP contribution in [0.2, 0.25) is 0 Å². The summed E-state index contributed by atoms with van der Waals surface area (Å²) in [5.41, 5.74) is 7.41. The monoisotopic (exact) mass is 345 g/mol. The van der Waals surface area contributed by atoms with Crippen LogP contribution in [0.25, 0.3) is 0 Å². The number of carbonyl (C=O) groups excluding carboxylic acids is 2. The number of anilines is 1. The second-order valence-electron chi connectivity index (χ2n) is 8.09. The summed E-state index contributed by atoms with van der Waals surface area (Å²) in [5, 5.41) is 5.88. The van der Waals surface area contributed by atoms with E-state index in [2.05, 4.69) is 10.6 Å². The summed E-state index contributed by atoms with van der Waals surface area (Å²) in [7, 11) is 0. The molecule has 0 aliphatic heterocycles. The third-order valence-electron chi connectivity index (χ3n) is 4.85. The molecule has 2 rings (SSSR count). The van der Waals surface area contributed by atoms with Crippen LogP contribution in [0, 0.1) is 11.3 Å². The average molecular weight is 345 g/mol. The molecule has 0 unspecified atom stereocenters. The summed E-state index contributed by atoms with van der Waals surface area (Å²) in [6, 6.07) is 7.05. The molecule has 4 N–H and O–H groups in total. The van der Waals surface area contributed by atoms with Crippen LogP contribution in [0.3, 0.4) is 0 Å². The number of nitrogens with one attached hydrogen (secondary N) is 2. The first-order chi connectivity index (χ1) is 11.8. The first-order valence-corrected chi connectivity index (χ1v) is 9.20. The van der Waals surface area contributed by atoms with Crippen molar-refractivity contribution in [2.24, 2.45) is 17.1 Å². The Kier molecular flexibility index (Phi) is 6.59. The van der Waals surface area contributed by atoms with E-state index in [0.717, 1.165) is 36.9 Å². The summed E-state index contributed by atoms with van der Waals surface area (Å²) in [4.78, 5) is 24.5. The lowest BCUT2D eigenvalue weighted by Gasteiger charge is -2.25. The van der Waals surface area contributed by atoms with Gasteiger partial charge in [-0.25, -0.2) is 0 Å². The van der Waals surface area contributed by atoms with E-state index < -0.39 is 6.04 Å². The van der Waals surface area contributed by atoms with Crippen LogP contribution in [0.1, 0.15) is 58.4 Å². The van der Waals surface area contributed by atoms with Gasteiger partial charge in [0.25, 0.3) is 0 Å². The van der Waals surface area contributed by atoms with Gasteiger partial charge in [-0.15, -0.1) is 0 Å². The molecule has 1 atom stereocenters. The van der Waals surface area contributed by atoms with Gasteiger partial charge in [0.15, 0.2) is 0 Å². The number of amides is 2. The molecule has 0 bridgehead atoms. The van der Waals surface area contributed by atoms with Gasteiger partial charge in [-0.3, -0.25) is 9.59 Å². The highest BCUT2D eigenvalue weighted by Crippen LogP contribution is 2.25. The van der Waals surface area contributed by atoms with E-state index in [1.165, 1.54) is 6.42 Å². The molecule has 0 radical (unpaired) electrons. The van der Waals surface area contributed by atoms with Crippen LogP contribution < -0.4 is 16.4 Å². The Morgan fingerprint density at radius 3 is 2.52 bits per heavy atom. The molecule has 1 saturated carbocycles. The maximum Gasteiger partial charge on any atom is 0.237 e. The van der Waals surface area contributed by atoms with Crippen molar-refractivity contribution in [1.82, 2.24) is 5.32 Å². The van der Waals surface area contributed by atoms with Crippen LogP contribution in [0.4, 0.5) is 5.69 Å². The minimum Gasteiger partial charge on any atom is -0.351 e. The molecule has 2 amide bonds. The van der Waals surface area contributed by atoms with Crippen LogP contribution >= 0.6 is 0 Å². The number of carbonyl (C=O) groups is 2. The second-order valence-corrected chi connectivity index (χ2v) is 8.09. The SMILES string of the molecule is CC(C)(C)[C@H](N)C(=O)NCc1cccc(NC(=O)C2CCCCC2)c1. The molecule has 0 saturated heterocycles. The maximum atomic E-state index is 12.3. The van der Waals surface area contributed by atoms with E-state index in [4.69, 9.17) is 5.73 Å². The maximum absolute atomic E-state index is 12.3. The summed E-state index contributed by atoms with van der Waals surface area (Å²) >= 11 is 0. The molecule has 1 aromatic carbocycles. The Morgan fingerprint density at radius 2 is 1.88 bits per heavy atom. The largest absolute Gasteiger partial charge is 0.351 e. The molecule has 1 aliphatic carbocycles. The Labute approximate surface area is 150 Å². The predicted octanol–water partition coefficient (Wildman–Crippen LogP) is 3.20. The molecule has 0 spiro atoms. The van der Waals surface area contributed by atoms with Crippen molar-refractivity contribution in [3.63, 3.8) is 0 Å². The van der Waals surface area contributed by atoms with Gasteiger partial charge in [-0.2, -0.15) is 0 Å². The van der Waals surface area contributed by atoms with Crippen molar-refractivity contribution in [2.45, 2.75) is 65.5 Å². The van der Waals surface area contributed by atoms with Gasteiger partial charge < -0.3 is 16.4 Å². The fourth-order valence-corrected chi connectivity index (χ4v) is 3.06. The number of hydrogen-bond acceptors (Lipinski definition) is 3. The van der Waals surface area contributed by atoms with Gasteiger partial charge in [0.1, 0.15) is 0 Å². The van der Waals surface area contributed by atoms with Crippen molar-refractivity contribution >= 4 is 17.5 Å². The number of hydrogen-bond donors (Lipinski definition) is 3. The Balaban J connectivity index is 1.90. The van der Waals surface area contributed by atoms with E-state index in [0.29, 0.717) is 6.54 Å². The Hall–Kier alpha value is -1.88. The zero-order chi connectivity index (χ0) is 18.4. The normalized spacial score (nSPS) is 17.0. The Morgan fingerprint density at radius 1 is 1.20 bits per heavy atom. The second kappa shape index (κ2) is 8.48. The predicted molar refractivity (Wildman–Crippen MR) is 101 cm³/mol. The lowest BCUT2D eigenvalue weighted by atomic mass is 9.87. The minimum atomic E-state index is -0.554. The smallest absolute Gasteiger partial charge is 0.237 e. The summed E-state index contributed by atoms with van der Waals surface area (Å²) < 4.78 is 0. The molecule has 138 valence electrons. The molecular weight excluding hydrogens is 314 g/mol. The zero-order valence-corrected chi connectivity index (χ0v) is 15.6. The fourth-order valence-electron chi connectivity index (χ4n) is 3.06. The highest BCUT2D eigenvalue weighted by molar-refractivity contribution is 5.92. The van der Waals surface area contributed by atoms with Gasteiger partial charge in [-0.1, -0.05) is 52.2 Å². The van der Waals surface area contributed by atoms with E-state index in [1.54, 1.807) is 0 Å². The molecule has 1 aromatic rings. The van der Waals surface area contributed by atoms with E-state index in [1.807, 2.05) is 45.0 Å². The van der Waals surface area contributed by atoms with Crippen molar-refractivity contribution in [3.8, 4) is 0 Å². The lowest BCUT2D eigenvalue weighted by Crippen LogP contribution is -2.48. The van der Waals surface area contributed by atoms with Gasteiger partial charge >= 0.3 is 0 Å². The van der Waals surface area contributed by atoms with E-state index >= 15 is 0 Å². The first-order valence-electron chi connectivity index (χ1n) is 9.20. The minimum absolute atomic E-state index is 0.107. The Bertz CT molecular complexity index is 601. The van der Waals surface area contributed by atoms with Gasteiger partial charge in [0.2, 0.25) is 11.8 Å². The highest BCUT2D eigenvalue weighted by atomic mass is 16.2. The van der Waals surface area contributed by atoms with Crippen molar-refractivity contribution in [2.75, 3.05) is 5.32 Å². The van der Waals surface area contributed by atoms with Crippen molar-refractivity contribution < 1.29 is 9.59 Å².